The Labute approximate surface area is 83.4 Å². The van der Waals surface area contributed by atoms with Crippen LogP contribution in [0.4, 0.5) is 4.39 Å². The molecular weight excluding hydrogens is 242 g/mol. The highest BCUT2D eigenvalue weighted by atomic mass is 79.9. The van der Waals surface area contributed by atoms with E-state index in [4.69, 9.17) is 14.8 Å². The Morgan fingerprint density at radius 1 is 1.46 bits per heavy atom. The predicted molar refractivity (Wildman–Crippen MR) is 50.5 cm³/mol. The summed E-state index contributed by atoms with van der Waals surface area (Å²) in [5, 5.41) is 17.5. The SMILES string of the molecule is COc1c(F)cc(B(O)O)cc1Br. The highest BCUT2D eigenvalue weighted by molar-refractivity contribution is 9.10. The molecule has 0 atom stereocenters. The topological polar surface area (TPSA) is 49.7 Å². The van der Waals surface area contributed by atoms with E-state index in [9.17, 15) is 4.39 Å². The highest BCUT2D eigenvalue weighted by Gasteiger charge is 2.16. The molecule has 13 heavy (non-hydrogen) atoms. The summed E-state index contributed by atoms with van der Waals surface area (Å²) in [6, 6.07) is 2.39. The average Bonchev–Trinajstić information content (AvgIpc) is 2.03. The lowest BCUT2D eigenvalue weighted by Gasteiger charge is -2.06. The molecule has 2 N–H and O–H groups in total. The largest absolute Gasteiger partial charge is 0.492 e. The van der Waals surface area contributed by atoms with Gasteiger partial charge >= 0.3 is 7.12 Å². The lowest BCUT2D eigenvalue weighted by atomic mass is 9.80. The molecule has 0 unspecified atom stereocenters. The van der Waals surface area contributed by atoms with Crippen LogP contribution in [0.3, 0.4) is 0 Å². The average molecular weight is 249 g/mol. The van der Waals surface area contributed by atoms with Crippen LogP contribution >= 0.6 is 15.9 Å². The summed E-state index contributed by atoms with van der Waals surface area (Å²) in [6.07, 6.45) is 0. The smallest absolute Gasteiger partial charge is 0.488 e. The Bertz CT molecular complexity index is 296. The first-order valence-electron chi connectivity index (χ1n) is 3.45. The fraction of sp³-hybridized carbons (Fsp3) is 0.143. The van der Waals surface area contributed by atoms with E-state index in [1.54, 1.807) is 0 Å². The summed E-state index contributed by atoms with van der Waals surface area (Å²) in [7, 11) is -0.352. The zero-order chi connectivity index (χ0) is 10.0. The van der Waals surface area contributed by atoms with Crippen molar-refractivity contribution in [2.45, 2.75) is 0 Å². The predicted octanol–water partition coefficient (Wildman–Crippen LogP) is 0.277. The molecule has 0 aromatic heterocycles. The summed E-state index contributed by atoms with van der Waals surface area (Å²) in [6.45, 7) is 0. The van der Waals surface area contributed by atoms with Crippen LogP contribution in [-0.4, -0.2) is 24.3 Å². The number of benzene rings is 1. The van der Waals surface area contributed by atoms with Crippen molar-refractivity contribution in [1.29, 1.82) is 0 Å². The Balaban J connectivity index is 3.20. The minimum absolute atomic E-state index is 0.0457. The maximum Gasteiger partial charge on any atom is 0.488 e. The number of hydrogen-bond donors (Lipinski definition) is 2. The fourth-order valence-corrected chi connectivity index (χ4v) is 1.54. The fourth-order valence-electron chi connectivity index (χ4n) is 0.924. The van der Waals surface area contributed by atoms with Crippen LogP contribution in [-0.2, 0) is 0 Å². The maximum atomic E-state index is 13.1. The van der Waals surface area contributed by atoms with Gasteiger partial charge in [-0.3, -0.25) is 0 Å². The molecule has 0 fully saturated rings. The third-order valence-electron chi connectivity index (χ3n) is 1.52. The molecule has 0 heterocycles. The Morgan fingerprint density at radius 2 is 2.08 bits per heavy atom. The molecule has 0 saturated heterocycles. The van der Waals surface area contributed by atoms with Crippen molar-refractivity contribution in [2.75, 3.05) is 7.11 Å². The van der Waals surface area contributed by atoms with Crippen LogP contribution in [0.25, 0.3) is 0 Å². The van der Waals surface area contributed by atoms with Gasteiger partial charge < -0.3 is 14.8 Å². The quantitative estimate of drug-likeness (QED) is 0.740. The van der Waals surface area contributed by atoms with Crippen molar-refractivity contribution in [1.82, 2.24) is 0 Å². The zero-order valence-corrected chi connectivity index (χ0v) is 8.38. The van der Waals surface area contributed by atoms with Crippen molar-refractivity contribution in [3.63, 3.8) is 0 Å². The van der Waals surface area contributed by atoms with E-state index < -0.39 is 12.9 Å². The number of ether oxygens (including phenoxy) is 1. The third-order valence-corrected chi connectivity index (χ3v) is 2.11. The van der Waals surface area contributed by atoms with Gasteiger partial charge in [0.2, 0.25) is 0 Å². The minimum Gasteiger partial charge on any atom is -0.492 e. The van der Waals surface area contributed by atoms with E-state index in [-0.39, 0.29) is 11.2 Å². The molecule has 0 aliphatic carbocycles. The molecule has 0 saturated carbocycles. The number of methoxy groups -OCH3 is 1. The van der Waals surface area contributed by atoms with Crippen LogP contribution in [0, 0.1) is 5.82 Å². The Kier molecular flexibility index (Phi) is 3.30. The van der Waals surface area contributed by atoms with Gasteiger partial charge in [0.25, 0.3) is 0 Å². The second-order valence-electron chi connectivity index (χ2n) is 2.39. The van der Waals surface area contributed by atoms with Crippen LogP contribution in [0.5, 0.6) is 5.75 Å². The summed E-state index contributed by atoms with van der Waals surface area (Å²) in [4.78, 5) is 0. The molecule has 0 spiro atoms. The minimum atomic E-state index is -1.68. The van der Waals surface area contributed by atoms with E-state index >= 15 is 0 Å². The van der Waals surface area contributed by atoms with Gasteiger partial charge in [-0.2, -0.15) is 0 Å². The van der Waals surface area contributed by atoms with Crippen LogP contribution in [0.1, 0.15) is 0 Å². The highest BCUT2D eigenvalue weighted by Crippen LogP contribution is 2.26. The monoisotopic (exact) mass is 248 g/mol. The number of hydrogen-bond acceptors (Lipinski definition) is 3. The summed E-state index contributed by atoms with van der Waals surface area (Å²) >= 11 is 3.04. The molecule has 0 radical (unpaired) electrons. The van der Waals surface area contributed by atoms with Gasteiger partial charge in [0.1, 0.15) is 0 Å². The van der Waals surface area contributed by atoms with Crippen molar-refractivity contribution in [2.24, 2.45) is 0 Å². The normalized spacial score (nSPS) is 9.92. The lowest BCUT2D eigenvalue weighted by Crippen LogP contribution is -2.30. The molecular formula is C7H7BBrFO3. The summed E-state index contributed by atoms with van der Waals surface area (Å²) in [5.74, 6) is -0.593. The van der Waals surface area contributed by atoms with Crippen molar-refractivity contribution < 1.29 is 19.2 Å². The van der Waals surface area contributed by atoms with Crippen molar-refractivity contribution in [3.05, 3.63) is 22.4 Å². The van der Waals surface area contributed by atoms with Gasteiger partial charge in [-0.15, -0.1) is 0 Å². The van der Waals surface area contributed by atoms with Crippen molar-refractivity contribution >= 4 is 28.5 Å². The first kappa shape index (κ1) is 10.5. The molecule has 0 aliphatic heterocycles. The standard InChI is InChI=1S/C7H7BBrFO3/c1-13-7-5(9)2-4(8(11)12)3-6(7)10/h2-3,11-12H,1H3. The van der Waals surface area contributed by atoms with E-state index in [0.29, 0.717) is 4.47 Å². The van der Waals surface area contributed by atoms with E-state index in [1.165, 1.54) is 13.2 Å². The molecule has 0 bridgehead atoms. The second-order valence-corrected chi connectivity index (χ2v) is 3.25. The van der Waals surface area contributed by atoms with E-state index in [1.807, 2.05) is 0 Å². The molecule has 1 aromatic carbocycles. The molecule has 3 nitrogen and oxygen atoms in total. The van der Waals surface area contributed by atoms with Gasteiger partial charge in [-0.1, -0.05) is 0 Å². The van der Waals surface area contributed by atoms with E-state index in [0.717, 1.165) is 6.07 Å². The van der Waals surface area contributed by atoms with Crippen LogP contribution in [0.15, 0.2) is 16.6 Å². The molecule has 6 heteroatoms. The summed E-state index contributed by atoms with van der Waals surface area (Å²) < 4.78 is 18.2. The number of rotatable bonds is 2. The summed E-state index contributed by atoms with van der Waals surface area (Å²) in [5.41, 5.74) is 0.0742. The molecule has 1 aromatic rings. The van der Waals surface area contributed by atoms with Gasteiger partial charge in [0.05, 0.1) is 11.6 Å². The number of halogens is 2. The van der Waals surface area contributed by atoms with E-state index in [2.05, 4.69) is 15.9 Å². The molecule has 0 amide bonds. The van der Waals surface area contributed by atoms with Gasteiger partial charge in [0.15, 0.2) is 11.6 Å². The maximum absolute atomic E-state index is 13.1. The lowest BCUT2D eigenvalue weighted by molar-refractivity contribution is 0.383. The zero-order valence-electron chi connectivity index (χ0n) is 6.79. The van der Waals surface area contributed by atoms with Crippen LogP contribution < -0.4 is 10.2 Å². The first-order valence-corrected chi connectivity index (χ1v) is 4.24. The van der Waals surface area contributed by atoms with Gasteiger partial charge in [0, 0.05) is 0 Å². The first-order chi connectivity index (χ1) is 6.06. The van der Waals surface area contributed by atoms with Crippen molar-refractivity contribution in [3.8, 4) is 5.75 Å². The van der Waals surface area contributed by atoms with Crippen LogP contribution in [0.2, 0.25) is 0 Å². The van der Waals surface area contributed by atoms with Gasteiger partial charge in [-0.25, -0.2) is 4.39 Å². The molecule has 1 rings (SSSR count). The Morgan fingerprint density at radius 3 is 2.46 bits per heavy atom. The molecule has 70 valence electrons. The van der Waals surface area contributed by atoms with Gasteiger partial charge in [-0.05, 0) is 33.5 Å². The Hall–Kier alpha value is -0.585. The third kappa shape index (κ3) is 2.21. The second kappa shape index (κ2) is 4.08. The molecule has 0 aliphatic rings.